The van der Waals surface area contributed by atoms with E-state index in [0.717, 1.165) is 4.48 Å². The first-order chi connectivity index (χ1) is 4.61. The average molecular weight is 259 g/mol. The van der Waals surface area contributed by atoms with Crippen molar-refractivity contribution in [3.05, 3.63) is 30.3 Å². The summed E-state index contributed by atoms with van der Waals surface area (Å²) in [4.78, 5) is 0. The van der Waals surface area contributed by atoms with Crippen molar-refractivity contribution in [3.8, 4) is 0 Å². The first-order valence-electron chi connectivity index (χ1n) is 3.48. The zero-order valence-electron chi connectivity index (χ0n) is 6.83. The fraction of sp³-hybridized carbons (Fsp3) is 0.333. The Hall–Kier alpha value is -0.0213. The van der Waals surface area contributed by atoms with E-state index in [4.69, 9.17) is 0 Å². The molecule has 0 saturated heterocycles. The van der Waals surface area contributed by atoms with Crippen LogP contribution in [-0.4, -0.2) is 45.1 Å². The molecule has 0 bridgehead atoms. The summed E-state index contributed by atoms with van der Waals surface area (Å²) in [6.07, 6.45) is 0. The summed E-state index contributed by atoms with van der Waals surface area (Å²) < 4.78 is 0.890. The molecule has 0 aliphatic heterocycles. The molecule has 0 fully saturated rings. The predicted octanol–water partition coefficient (Wildman–Crippen LogP) is 0.432. The number of benzene rings is 1. The van der Waals surface area contributed by atoms with Gasteiger partial charge in [0.2, 0.25) is 0 Å². The number of para-hydroxylation sites is 1. The Morgan fingerprint density at radius 2 is 1.36 bits per heavy atom. The van der Waals surface area contributed by atoms with Crippen LogP contribution in [0.3, 0.4) is 0 Å². The molecule has 1 rings (SSSR count). The molecule has 1 aromatic rings. The molecule has 11 heavy (non-hydrogen) atoms. The molecule has 0 aliphatic carbocycles. The minimum absolute atomic E-state index is 0. The van der Waals surface area contributed by atoms with Crippen molar-refractivity contribution in [2.45, 2.75) is 0 Å². The van der Waals surface area contributed by atoms with Crippen molar-refractivity contribution in [2.75, 3.05) is 21.1 Å². The normalized spacial score (nSPS) is 10.5. The van der Waals surface area contributed by atoms with E-state index in [1.54, 1.807) is 0 Å². The molecule has 0 aliphatic rings. The number of nitrogens with zero attached hydrogens (tertiary/aromatic N) is 1. The van der Waals surface area contributed by atoms with E-state index in [1.165, 1.54) is 5.69 Å². The molecule has 1 nitrogen and oxygen atoms in total. The molecule has 0 unspecified atom stereocenters. The van der Waals surface area contributed by atoms with E-state index in [2.05, 4.69) is 45.4 Å². The topological polar surface area (TPSA) is 0 Å². The van der Waals surface area contributed by atoms with Gasteiger partial charge >= 0.3 is 23.9 Å². The molecule has 0 aromatic heterocycles. The summed E-state index contributed by atoms with van der Waals surface area (Å²) in [7, 11) is 6.49. The van der Waals surface area contributed by atoms with Crippen LogP contribution in [-0.2, 0) is 0 Å². The molecule has 62 valence electrons. The third-order valence-electron chi connectivity index (χ3n) is 1.53. The van der Waals surface area contributed by atoms with E-state index in [9.17, 15) is 0 Å². The van der Waals surface area contributed by atoms with Gasteiger partial charge in [0.05, 0.1) is 21.1 Å². The first-order valence-corrected chi connectivity index (χ1v) is 3.48. The molecular weight excluding hydrogens is 241 g/mol. The third-order valence-corrected chi connectivity index (χ3v) is 1.53. The van der Waals surface area contributed by atoms with Gasteiger partial charge in [0.1, 0.15) is 5.69 Å². The quantitative estimate of drug-likeness (QED) is 0.507. The molecule has 0 radical (unpaired) electrons. The predicted molar refractivity (Wildman–Crippen MR) is 57.3 cm³/mol. The molecule has 0 N–H and O–H groups in total. The van der Waals surface area contributed by atoms with E-state index in [0.29, 0.717) is 0 Å². The second kappa shape index (κ2) is 4.12. The Morgan fingerprint density at radius 1 is 0.909 bits per heavy atom. The molecular formula is C9H18NSn+. The third kappa shape index (κ3) is 3.25. The zero-order chi connectivity index (χ0) is 7.61. The van der Waals surface area contributed by atoms with Gasteiger partial charge < -0.3 is 0 Å². The fourth-order valence-corrected chi connectivity index (χ4v) is 0.875. The SMILES string of the molecule is C[N+](C)(C)c1ccccc1.[SnH4]. The molecule has 0 heterocycles. The number of hydrogen-bond donors (Lipinski definition) is 0. The monoisotopic (exact) mass is 260 g/mol. The Kier molecular flexibility index (Phi) is 4.11. The fourth-order valence-electron chi connectivity index (χ4n) is 0.875. The Labute approximate surface area is 85.6 Å². The first kappa shape index (κ1) is 11.0. The summed E-state index contributed by atoms with van der Waals surface area (Å²) >= 11 is 0. The van der Waals surface area contributed by atoms with Crippen molar-refractivity contribution in [2.24, 2.45) is 0 Å². The van der Waals surface area contributed by atoms with Gasteiger partial charge in [-0.2, -0.15) is 0 Å². The van der Waals surface area contributed by atoms with Gasteiger partial charge in [-0.1, -0.05) is 18.2 Å². The van der Waals surface area contributed by atoms with Crippen LogP contribution in [0.1, 0.15) is 0 Å². The number of hydrogen-bond acceptors (Lipinski definition) is 0. The number of rotatable bonds is 1. The summed E-state index contributed by atoms with van der Waals surface area (Å²) in [5, 5.41) is 0. The van der Waals surface area contributed by atoms with Crippen LogP contribution in [0.4, 0.5) is 5.69 Å². The summed E-state index contributed by atoms with van der Waals surface area (Å²) in [6, 6.07) is 10.5. The van der Waals surface area contributed by atoms with Crippen LogP contribution in [0.15, 0.2) is 30.3 Å². The van der Waals surface area contributed by atoms with Gasteiger partial charge in [-0.15, -0.1) is 0 Å². The Balaban J connectivity index is 0.000001000. The average Bonchev–Trinajstić information content (AvgIpc) is 1.88. The molecule has 0 saturated carbocycles. The standard InChI is InChI=1S/C9H14N.Sn.4H/c1-10(2,3)9-7-5-4-6-8-9;;;;;/h4-8H,1-3H3;;;;;/q+1;;;;;. The van der Waals surface area contributed by atoms with Crippen molar-refractivity contribution < 1.29 is 0 Å². The molecule has 1 aromatic carbocycles. The maximum absolute atomic E-state index is 2.16. The van der Waals surface area contributed by atoms with Gasteiger partial charge in [0.25, 0.3) is 0 Å². The van der Waals surface area contributed by atoms with Crippen LogP contribution < -0.4 is 4.48 Å². The Morgan fingerprint density at radius 3 is 1.64 bits per heavy atom. The second-order valence-corrected chi connectivity index (χ2v) is 3.35. The van der Waals surface area contributed by atoms with Crippen LogP contribution in [0.2, 0.25) is 0 Å². The molecule has 0 spiro atoms. The van der Waals surface area contributed by atoms with Gasteiger partial charge in [-0.25, -0.2) is 0 Å². The van der Waals surface area contributed by atoms with Crippen molar-refractivity contribution >= 4 is 29.6 Å². The molecule has 0 atom stereocenters. The van der Waals surface area contributed by atoms with Gasteiger partial charge in [0, 0.05) is 0 Å². The Bertz CT molecular complexity index is 201. The minimum atomic E-state index is 0. The summed E-state index contributed by atoms with van der Waals surface area (Å²) in [5.74, 6) is 0. The summed E-state index contributed by atoms with van der Waals surface area (Å²) in [6.45, 7) is 0. The van der Waals surface area contributed by atoms with Crippen molar-refractivity contribution in [1.82, 2.24) is 4.48 Å². The second-order valence-electron chi connectivity index (χ2n) is 3.35. The number of quaternary nitrogens is 1. The molecule has 2 heteroatoms. The van der Waals surface area contributed by atoms with Crippen molar-refractivity contribution in [1.29, 1.82) is 0 Å². The van der Waals surface area contributed by atoms with E-state index in [1.807, 2.05) is 6.07 Å². The zero-order valence-corrected chi connectivity index (χ0v) is 6.83. The van der Waals surface area contributed by atoms with Crippen LogP contribution in [0.25, 0.3) is 0 Å². The summed E-state index contributed by atoms with van der Waals surface area (Å²) in [5.41, 5.74) is 1.34. The molecule has 0 amide bonds. The van der Waals surface area contributed by atoms with Gasteiger partial charge in [0.15, 0.2) is 0 Å². The van der Waals surface area contributed by atoms with Gasteiger partial charge in [-0.3, -0.25) is 4.48 Å². The van der Waals surface area contributed by atoms with Crippen LogP contribution in [0, 0.1) is 0 Å². The van der Waals surface area contributed by atoms with Crippen LogP contribution >= 0.6 is 0 Å². The van der Waals surface area contributed by atoms with E-state index < -0.39 is 0 Å². The van der Waals surface area contributed by atoms with Crippen molar-refractivity contribution in [3.63, 3.8) is 0 Å². The maximum atomic E-state index is 2.16. The van der Waals surface area contributed by atoms with E-state index in [-0.39, 0.29) is 23.9 Å². The van der Waals surface area contributed by atoms with Crippen LogP contribution in [0.5, 0.6) is 0 Å². The van der Waals surface area contributed by atoms with Gasteiger partial charge in [-0.05, 0) is 12.1 Å². The van der Waals surface area contributed by atoms with E-state index >= 15 is 0 Å².